The zero-order valence-electron chi connectivity index (χ0n) is 11.1. The fraction of sp³-hybridized carbons (Fsp3) is 0. The lowest BCUT2D eigenvalue weighted by atomic mass is 10.1. The zero-order chi connectivity index (χ0) is 14.4. The maximum absolute atomic E-state index is 6.22. The summed E-state index contributed by atoms with van der Waals surface area (Å²) in [5.74, 6) is 0.439. The molecule has 102 valence electrons. The third kappa shape index (κ3) is 1.78. The molecule has 4 heteroatoms. The molecule has 21 heavy (non-hydrogen) atoms. The summed E-state index contributed by atoms with van der Waals surface area (Å²) in [6.45, 7) is 0. The molecule has 0 atom stereocenters. The third-order valence-corrected chi connectivity index (χ3v) is 3.97. The smallest absolute Gasteiger partial charge is 0.206 e. The second kappa shape index (κ2) is 4.50. The highest BCUT2D eigenvalue weighted by atomic mass is 35.5. The second-order valence-electron chi connectivity index (χ2n) is 4.91. The van der Waals surface area contributed by atoms with Crippen molar-refractivity contribution >= 4 is 39.4 Å². The van der Waals surface area contributed by atoms with Crippen molar-refractivity contribution in [3.63, 3.8) is 0 Å². The van der Waals surface area contributed by atoms with Crippen molar-refractivity contribution in [2.75, 3.05) is 5.73 Å². The molecule has 0 aliphatic heterocycles. The number of rotatable bonds is 1. The largest absolute Gasteiger partial charge is 0.369 e. The third-order valence-electron chi connectivity index (χ3n) is 3.67. The fourth-order valence-corrected chi connectivity index (χ4v) is 2.95. The molecule has 3 nitrogen and oxygen atoms in total. The van der Waals surface area contributed by atoms with Gasteiger partial charge >= 0.3 is 0 Å². The number of anilines is 1. The molecule has 4 aromatic rings. The predicted molar refractivity (Wildman–Crippen MR) is 88.0 cm³/mol. The minimum atomic E-state index is 0.439. The van der Waals surface area contributed by atoms with E-state index in [4.69, 9.17) is 17.3 Å². The lowest BCUT2D eigenvalue weighted by molar-refractivity contribution is 1.12. The molecule has 0 spiro atoms. The highest BCUT2D eigenvalue weighted by Crippen LogP contribution is 2.31. The number of nitrogens with two attached hydrogens (primary N) is 1. The summed E-state index contributed by atoms with van der Waals surface area (Å²) in [7, 11) is 0. The van der Waals surface area contributed by atoms with Crippen LogP contribution in [0, 0.1) is 0 Å². The van der Waals surface area contributed by atoms with Gasteiger partial charge in [0, 0.05) is 5.39 Å². The maximum Gasteiger partial charge on any atom is 0.206 e. The minimum Gasteiger partial charge on any atom is -0.369 e. The molecule has 1 aromatic heterocycles. The number of para-hydroxylation sites is 1. The molecule has 3 aromatic carbocycles. The van der Waals surface area contributed by atoms with Gasteiger partial charge in [0.2, 0.25) is 5.95 Å². The number of hydrogen-bond donors (Lipinski definition) is 1. The van der Waals surface area contributed by atoms with Gasteiger partial charge in [0.15, 0.2) is 0 Å². The van der Waals surface area contributed by atoms with Crippen molar-refractivity contribution in [3.8, 4) is 5.69 Å². The molecule has 0 bridgehead atoms. The SMILES string of the molecule is Nc1nc2c(Cl)cccc2n1-c1cccc2ccccc12. The summed E-state index contributed by atoms with van der Waals surface area (Å²) >= 11 is 6.22. The predicted octanol–water partition coefficient (Wildman–Crippen LogP) is 4.41. The number of nitrogens with zero attached hydrogens (tertiary/aromatic N) is 2. The average molecular weight is 294 g/mol. The highest BCUT2D eigenvalue weighted by Gasteiger charge is 2.13. The molecular weight excluding hydrogens is 282 g/mol. The Balaban J connectivity index is 2.14. The number of benzene rings is 3. The summed E-state index contributed by atoms with van der Waals surface area (Å²) in [6, 6.07) is 20.1. The number of imidazole rings is 1. The number of halogens is 1. The van der Waals surface area contributed by atoms with Crippen molar-refractivity contribution < 1.29 is 0 Å². The second-order valence-corrected chi connectivity index (χ2v) is 5.32. The first-order valence-electron chi connectivity index (χ1n) is 6.66. The zero-order valence-corrected chi connectivity index (χ0v) is 11.9. The van der Waals surface area contributed by atoms with Crippen molar-refractivity contribution in [1.82, 2.24) is 9.55 Å². The molecule has 4 rings (SSSR count). The Bertz CT molecular complexity index is 967. The molecule has 0 fully saturated rings. The fourth-order valence-electron chi connectivity index (χ4n) is 2.74. The Hall–Kier alpha value is -2.52. The van der Waals surface area contributed by atoms with E-state index in [-0.39, 0.29) is 0 Å². The van der Waals surface area contributed by atoms with Crippen molar-refractivity contribution in [1.29, 1.82) is 0 Å². The quantitative estimate of drug-likeness (QED) is 0.565. The van der Waals surface area contributed by atoms with E-state index in [9.17, 15) is 0 Å². The summed E-state index contributed by atoms with van der Waals surface area (Å²) in [4.78, 5) is 4.40. The Morgan fingerprint density at radius 2 is 1.67 bits per heavy atom. The monoisotopic (exact) mass is 293 g/mol. The summed E-state index contributed by atoms with van der Waals surface area (Å²) < 4.78 is 1.95. The lowest BCUT2D eigenvalue weighted by Gasteiger charge is -2.10. The van der Waals surface area contributed by atoms with Crippen LogP contribution in [0.2, 0.25) is 5.02 Å². The van der Waals surface area contributed by atoms with Crippen LogP contribution < -0.4 is 5.73 Å². The minimum absolute atomic E-state index is 0.439. The molecule has 0 radical (unpaired) electrons. The molecular formula is C17H12ClN3. The first-order valence-corrected chi connectivity index (χ1v) is 7.04. The Kier molecular flexibility index (Phi) is 2.62. The van der Waals surface area contributed by atoms with Crippen LogP contribution in [-0.4, -0.2) is 9.55 Å². The Morgan fingerprint density at radius 1 is 0.905 bits per heavy atom. The molecule has 1 heterocycles. The number of aromatic nitrogens is 2. The van der Waals surface area contributed by atoms with E-state index in [0.29, 0.717) is 11.0 Å². The van der Waals surface area contributed by atoms with Gasteiger partial charge in [-0.15, -0.1) is 0 Å². The Morgan fingerprint density at radius 3 is 2.57 bits per heavy atom. The van der Waals surface area contributed by atoms with Crippen LogP contribution in [0.5, 0.6) is 0 Å². The van der Waals surface area contributed by atoms with Gasteiger partial charge in [-0.25, -0.2) is 4.98 Å². The Labute approximate surface area is 126 Å². The van der Waals surface area contributed by atoms with E-state index in [0.717, 1.165) is 22.1 Å². The van der Waals surface area contributed by atoms with E-state index in [1.807, 2.05) is 47.0 Å². The molecule has 0 aliphatic carbocycles. The van der Waals surface area contributed by atoms with Gasteiger partial charge in [0.05, 0.1) is 16.2 Å². The van der Waals surface area contributed by atoms with Crippen LogP contribution in [0.25, 0.3) is 27.5 Å². The summed E-state index contributed by atoms with van der Waals surface area (Å²) in [6.07, 6.45) is 0. The van der Waals surface area contributed by atoms with Gasteiger partial charge in [-0.05, 0) is 23.6 Å². The van der Waals surface area contributed by atoms with E-state index in [1.165, 1.54) is 5.39 Å². The van der Waals surface area contributed by atoms with E-state index in [1.54, 1.807) is 0 Å². The number of fused-ring (bicyclic) bond motifs is 2. The molecule has 2 N–H and O–H groups in total. The molecule has 0 unspecified atom stereocenters. The van der Waals surface area contributed by atoms with Gasteiger partial charge in [-0.3, -0.25) is 4.57 Å². The van der Waals surface area contributed by atoms with Gasteiger partial charge in [0.25, 0.3) is 0 Å². The average Bonchev–Trinajstić information content (AvgIpc) is 2.84. The van der Waals surface area contributed by atoms with Crippen LogP contribution in [-0.2, 0) is 0 Å². The highest BCUT2D eigenvalue weighted by molar-refractivity contribution is 6.35. The van der Waals surface area contributed by atoms with Crippen LogP contribution in [0.1, 0.15) is 0 Å². The van der Waals surface area contributed by atoms with Crippen LogP contribution >= 0.6 is 11.6 Å². The maximum atomic E-state index is 6.22. The topological polar surface area (TPSA) is 43.8 Å². The summed E-state index contributed by atoms with van der Waals surface area (Å²) in [5, 5.41) is 2.91. The molecule has 0 aliphatic rings. The van der Waals surface area contributed by atoms with E-state index < -0.39 is 0 Å². The molecule has 0 saturated heterocycles. The van der Waals surface area contributed by atoms with Crippen LogP contribution in [0.4, 0.5) is 5.95 Å². The van der Waals surface area contributed by atoms with E-state index in [2.05, 4.69) is 23.2 Å². The van der Waals surface area contributed by atoms with Gasteiger partial charge in [-0.1, -0.05) is 54.1 Å². The van der Waals surface area contributed by atoms with Crippen LogP contribution in [0.3, 0.4) is 0 Å². The molecule has 0 amide bonds. The standard InChI is InChI=1S/C17H12ClN3/c18-13-8-4-10-15-16(13)20-17(19)21(15)14-9-3-6-11-5-1-2-7-12(11)14/h1-10H,(H2,19,20). The van der Waals surface area contributed by atoms with Crippen molar-refractivity contribution in [2.45, 2.75) is 0 Å². The number of hydrogen-bond acceptors (Lipinski definition) is 2. The normalized spacial score (nSPS) is 11.3. The van der Waals surface area contributed by atoms with E-state index >= 15 is 0 Å². The summed E-state index contributed by atoms with van der Waals surface area (Å²) in [5.41, 5.74) is 8.79. The van der Waals surface area contributed by atoms with Crippen molar-refractivity contribution in [3.05, 3.63) is 65.7 Å². The van der Waals surface area contributed by atoms with Gasteiger partial charge in [-0.2, -0.15) is 0 Å². The van der Waals surface area contributed by atoms with Crippen molar-refractivity contribution in [2.24, 2.45) is 0 Å². The first-order chi connectivity index (χ1) is 10.3. The van der Waals surface area contributed by atoms with Gasteiger partial charge < -0.3 is 5.73 Å². The van der Waals surface area contributed by atoms with Gasteiger partial charge in [0.1, 0.15) is 5.52 Å². The first kappa shape index (κ1) is 12.2. The molecule has 0 saturated carbocycles. The number of nitrogen functional groups attached to an aromatic ring is 1. The lowest BCUT2D eigenvalue weighted by Crippen LogP contribution is -2.01. The van der Waals surface area contributed by atoms with Crippen LogP contribution in [0.15, 0.2) is 60.7 Å².